The Kier molecular flexibility index (Phi) is 4.30. The highest BCUT2D eigenvalue weighted by Crippen LogP contribution is 2.21. The fourth-order valence-electron chi connectivity index (χ4n) is 2.72. The Balaban J connectivity index is 1.59. The van der Waals surface area contributed by atoms with E-state index >= 15 is 0 Å². The maximum absolute atomic E-state index is 12.3. The molecule has 0 bridgehead atoms. The summed E-state index contributed by atoms with van der Waals surface area (Å²) in [6.07, 6.45) is 1.25. The smallest absolute Gasteiger partial charge is 0.259 e. The minimum atomic E-state index is -0.259. The Labute approximate surface area is 156 Å². The number of fused-ring (bicyclic) bond motifs is 1. The molecule has 26 heavy (non-hydrogen) atoms. The largest absolute Gasteiger partial charge is 0.508 e. The number of benzene rings is 2. The van der Waals surface area contributed by atoms with Crippen molar-refractivity contribution in [3.8, 4) is 17.1 Å². The van der Waals surface area contributed by atoms with Crippen LogP contribution in [0.15, 0.2) is 62.3 Å². The van der Waals surface area contributed by atoms with Crippen molar-refractivity contribution >= 4 is 26.8 Å². The minimum Gasteiger partial charge on any atom is -0.508 e. The highest BCUT2D eigenvalue weighted by atomic mass is 79.9. The van der Waals surface area contributed by atoms with Crippen LogP contribution in [0.2, 0.25) is 0 Å². The molecular formula is C19H14BrN3O3. The van der Waals surface area contributed by atoms with Crippen LogP contribution in [-0.2, 0) is 12.8 Å². The van der Waals surface area contributed by atoms with E-state index in [0.29, 0.717) is 24.3 Å². The lowest BCUT2D eigenvalue weighted by Crippen LogP contribution is -2.09. The van der Waals surface area contributed by atoms with Crippen molar-refractivity contribution in [1.82, 2.24) is 15.1 Å². The summed E-state index contributed by atoms with van der Waals surface area (Å²) in [4.78, 5) is 19.5. The second kappa shape index (κ2) is 6.76. The maximum atomic E-state index is 12.3. The number of pyridine rings is 1. The van der Waals surface area contributed by atoms with Crippen molar-refractivity contribution in [2.24, 2.45) is 0 Å². The maximum Gasteiger partial charge on any atom is 0.259 e. The van der Waals surface area contributed by atoms with Gasteiger partial charge in [0.15, 0.2) is 0 Å². The molecule has 4 aromatic rings. The van der Waals surface area contributed by atoms with E-state index in [1.807, 2.05) is 30.3 Å². The van der Waals surface area contributed by atoms with Crippen molar-refractivity contribution in [1.29, 1.82) is 0 Å². The lowest BCUT2D eigenvalue weighted by molar-refractivity contribution is 0.379. The summed E-state index contributed by atoms with van der Waals surface area (Å²) in [6.45, 7) is 0. The number of nitrogens with zero attached hydrogens (tertiary/aromatic N) is 2. The fourth-order valence-corrected chi connectivity index (χ4v) is 3.10. The summed E-state index contributed by atoms with van der Waals surface area (Å²) in [5.41, 5.74) is 1.91. The van der Waals surface area contributed by atoms with E-state index in [0.717, 1.165) is 20.9 Å². The normalized spacial score (nSPS) is 11.1. The molecule has 7 heteroatoms. The first-order valence-corrected chi connectivity index (χ1v) is 8.81. The fraction of sp³-hybridized carbons (Fsp3) is 0.105. The first-order chi connectivity index (χ1) is 12.6. The average molecular weight is 412 g/mol. The second-order valence-corrected chi connectivity index (χ2v) is 6.84. The van der Waals surface area contributed by atoms with E-state index in [4.69, 9.17) is 4.52 Å². The zero-order valence-corrected chi connectivity index (χ0v) is 15.2. The van der Waals surface area contributed by atoms with Crippen LogP contribution in [0.25, 0.3) is 22.3 Å². The third-order valence-electron chi connectivity index (χ3n) is 4.08. The molecule has 0 aliphatic heterocycles. The van der Waals surface area contributed by atoms with Gasteiger partial charge >= 0.3 is 0 Å². The molecule has 0 atom stereocenters. The zero-order valence-electron chi connectivity index (χ0n) is 13.6. The highest BCUT2D eigenvalue weighted by molar-refractivity contribution is 9.10. The Morgan fingerprint density at radius 1 is 1.08 bits per heavy atom. The summed E-state index contributed by atoms with van der Waals surface area (Å²) in [5, 5.41) is 14.1. The number of aromatic amines is 1. The molecule has 0 aliphatic carbocycles. The summed E-state index contributed by atoms with van der Waals surface area (Å²) >= 11 is 3.43. The van der Waals surface area contributed by atoms with Gasteiger partial charge in [-0.05, 0) is 48.4 Å². The monoisotopic (exact) mass is 411 g/mol. The number of phenols is 1. The van der Waals surface area contributed by atoms with Crippen molar-refractivity contribution in [2.75, 3.05) is 0 Å². The van der Waals surface area contributed by atoms with Crippen LogP contribution < -0.4 is 5.56 Å². The number of aromatic nitrogens is 3. The number of aromatic hydroxyl groups is 1. The first-order valence-electron chi connectivity index (χ1n) is 8.02. The van der Waals surface area contributed by atoms with Crippen LogP contribution in [0.4, 0.5) is 0 Å². The molecule has 0 unspecified atom stereocenters. The number of aryl methyl sites for hydroxylation is 2. The predicted octanol–water partition coefficient (Wildman–Crippen LogP) is 3.83. The molecule has 2 aromatic carbocycles. The van der Waals surface area contributed by atoms with Crippen molar-refractivity contribution < 1.29 is 9.63 Å². The molecule has 0 spiro atoms. The molecule has 2 aromatic heterocycles. The predicted molar refractivity (Wildman–Crippen MR) is 101 cm³/mol. The Morgan fingerprint density at radius 2 is 1.88 bits per heavy atom. The van der Waals surface area contributed by atoms with Gasteiger partial charge in [-0.2, -0.15) is 4.98 Å². The second-order valence-electron chi connectivity index (χ2n) is 5.92. The van der Waals surface area contributed by atoms with Gasteiger partial charge in [0.2, 0.25) is 11.7 Å². The molecule has 0 fully saturated rings. The molecule has 6 nitrogen and oxygen atoms in total. The van der Waals surface area contributed by atoms with Gasteiger partial charge in [0.05, 0.1) is 5.56 Å². The molecule has 0 amide bonds. The molecular weight excluding hydrogens is 398 g/mol. The molecule has 0 saturated carbocycles. The van der Waals surface area contributed by atoms with Crippen LogP contribution in [0, 0.1) is 0 Å². The molecule has 0 saturated heterocycles. The topological polar surface area (TPSA) is 92.0 Å². The van der Waals surface area contributed by atoms with E-state index in [1.54, 1.807) is 18.2 Å². The summed E-state index contributed by atoms with van der Waals surface area (Å²) in [7, 11) is 0. The van der Waals surface area contributed by atoms with Crippen LogP contribution in [-0.4, -0.2) is 20.2 Å². The number of hydrogen-bond donors (Lipinski definition) is 2. The molecule has 2 heterocycles. The van der Waals surface area contributed by atoms with Gasteiger partial charge in [-0.25, -0.2) is 0 Å². The van der Waals surface area contributed by atoms with Crippen LogP contribution in [0.1, 0.15) is 11.5 Å². The van der Waals surface area contributed by atoms with Gasteiger partial charge in [0.1, 0.15) is 5.75 Å². The van der Waals surface area contributed by atoms with Gasteiger partial charge < -0.3 is 14.6 Å². The molecule has 4 rings (SSSR count). The zero-order chi connectivity index (χ0) is 18.1. The lowest BCUT2D eigenvalue weighted by atomic mass is 10.1. The number of nitrogens with one attached hydrogen (secondary N) is 1. The number of hydrogen-bond acceptors (Lipinski definition) is 5. The molecule has 0 aliphatic rings. The van der Waals surface area contributed by atoms with Crippen LogP contribution in [0.3, 0.4) is 0 Å². The standard InChI is InChI=1S/C19H14BrN3O3/c20-13-4-7-16-12(9-13)10-15(19(25)21-16)18-22-17(26-23-18)8-3-11-1-5-14(24)6-2-11/h1-2,4-7,9-10,24H,3,8H2,(H,21,25). The Bertz CT molecular complexity index is 1130. The number of phenolic OH excluding ortho intramolecular Hbond substituents is 1. The van der Waals surface area contributed by atoms with E-state index in [2.05, 4.69) is 31.1 Å². The van der Waals surface area contributed by atoms with E-state index < -0.39 is 0 Å². The summed E-state index contributed by atoms with van der Waals surface area (Å²) in [5.74, 6) is 0.964. The number of rotatable bonds is 4. The van der Waals surface area contributed by atoms with Gasteiger partial charge in [-0.1, -0.05) is 33.2 Å². The third-order valence-corrected chi connectivity index (χ3v) is 4.57. The molecule has 130 valence electrons. The molecule has 0 radical (unpaired) electrons. The molecule has 2 N–H and O–H groups in total. The van der Waals surface area contributed by atoms with Gasteiger partial charge in [-0.3, -0.25) is 4.79 Å². The quantitative estimate of drug-likeness (QED) is 0.532. The Hall–Kier alpha value is -2.93. The van der Waals surface area contributed by atoms with Gasteiger partial charge in [-0.15, -0.1) is 0 Å². The highest BCUT2D eigenvalue weighted by Gasteiger charge is 2.13. The third kappa shape index (κ3) is 3.39. The Morgan fingerprint density at radius 3 is 2.69 bits per heavy atom. The summed E-state index contributed by atoms with van der Waals surface area (Å²) < 4.78 is 6.20. The lowest BCUT2D eigenvalue weighted by Gasteiger charge is -2.00. The number of halogens is 1. The first kappa shape index (κ1) is 16.5. The van der Waals surface area contributed by atoms with Crippen LogP contribution >= 0.6 is 15.9 Å². The van der Waals surface area contributed by atoms with Crippen molar-refractivity contribution in [3.63, 3.8) is 0 Å². The minimum absolute atomic E-state index is 0.232. The van der Waals surface area contributed by atoms with Gasteiger partial charge in [0.25, 0.3) is 5.56 Å². The summed E-state index contributed by atoms with van der Waals surface area (Å²) in [6, 6.07) is 14.4. The SMILES string of the molecule is O=c1[nH]c2ccc(Br)cc2cc1-c1noc(CCc2ccc(O)cc2)n1. The average Bonchev–Trinajstić information content (AvgIpc) is 3.10. The van der Waals surface area contributed by atoms with E-state index in [9.17, 15) is 9.90 Å². The van der Waals surface area contributed by atoms with Crippen LogP contribution in [0.5, 0.6) is 5.75 Å². The van der Waals surface area contributed by atoms with E-state index in [-0.39, 0.29) is 17.1 Å². The van der Waals surface area contributed by atoms with Gasteiger partial charge in [0, 0.05) is 21.8 Å². The van der Waals surface area contributed by atoms with Crippen molar-refractivity contribution in [3.05, 3.63) is 74.8 Å². The number of H-pyrrole nitrogens is 1. The van der Waals surface area contributed by atoms with E-state index in [1.165, 1.54) is 0 Å². The van der Waals surface area contributed by atoms with Crippen molar-refractivity contribution in [2.45, 2.75) is 12.8 Å².